The van der Waals surface area contributed by atoms with E-state index in [0.29, 0.717) is 43.1 Å². The lowest BCUT2D eigenvalue weighted by Crippen LogP contribution is -2.28. The third kappa shape index (κ3) is 3.97. The SMILES string of the molecule is O=C(CCCc1nc(-c2ccc(F)cc2)no1)N1CCC(CO)C1. The van der Waals surface area contributed by atoms with Crippen molar-refractivity contribution < 1.29 is 18.8 Å². The van der Waals surface area contributed by atoms with Gasteiger partial charge in [0.15, 0.2) is 0 Å². The first-order valence-electron chi connectivity index (χ1n) is 8.13. The van der Waals surface area contributed by atoms with Crippen molar-refractivity contribution in [1.82, 2.24) is 15.0 Å². The van der Waals surface area contributed by atoms with Gasteiger partial charge in [-0.1, -0.05) is 5.16 Å². The summed E-state index contributed by atoms with van der Waals surface area (Å²) in [4.78, 5) is 18.2. The van der Waals surface area contributed by atoms with Gasteiger partial charge in [0.1, 0.15) is 5.82 Å². The fraction of sp³-hybridized carbons (Fsp3) is 0.471. The second kappa shape index (κ2) is 7.53. The molecule has 1 fully saturated rings. The lowest BCUT2D eigenvalue weighted by atomic mass is 10.1. The molecule has 0 spiro atoms. The van der Waals surface area contributed by atoms with Crippen LogP contribution in [0.3, 0.4) is 0 Å². The van der Waals surface area contributed by atoms with Gasteiger partial charge in [0.25, 0.3) is 0 Å². The van der Waals surface area contributed by atoms with Gasteiger partial charge in [-0.2, -0.15) is 4.98 Å². The average Bonchev–Trinajstić information content (AvgIpc) is 3.24. The molecule has 2 aromatic rings. The molecule has 1 aliphatic heterocycles. The maximum Gasteiger partial charge on any atom is 0.226 e. The van der Waals surface area contributed by atoms with Crippen molar-refractivity contribution in [3.05, 3.63) is 36.0 Å². The molecule has 3 rings (SSSR count). The fourth-order valence-electron chi connectivity index (χ4n) is 2.83. The summed E-state index contributed by atoms with van der Waals surface area (Å²) in [5, 5.41) is 13.0. The van der Waals surface area contributed by atoms with Gasteiger partial charge in [0.2, 0.25) is 17.6 Å². The summed E-state index contributed by atoms with van der Waals surface area (Å²) >= 11 is 0. The number of halogens is 1. The normalized spacial score (nSPS) is 17.4. The molecule has 1 amide bonds. The summed E-state index contributed by atoms with van der Waals surface area (Å²) in [5.41, 5.74) is 0.689. The summed E-state index contributed by atoms with van der Waals surface area (Å²) in [6.07, 6.45) is 2.45. The number of aliphatic hydroxyl groups excluding tert-OH is 1. The summed E-state index contributed by atoms with van der Waals surface area (Å²) in [5.74, 6) is 0.886. The maximum absolute atomic E-state index is 12.9. The third-order valence-electron chi connectivity index (χ3n) is 4.25. The summed E-state index contributed by atoms with van der Waals surface area (Å²) in [6, 6.07) is 5.89. The number of nitrogens with zero attached hydrogens (tertiary/aromatic N) is 3. The molecule has 0 aliphatic carbocycles. The van der Waals surface area contributed by atoms with Crippen molar-refractivity contribution in [1.29, 1.82) is 0 Å². The number of carbonyl (C=O) groups excluding carboxylic acids is 1. The van der Waals surface area contributed by atoms with E-state index in [1.165, 1.54) is 12.1 Å². The van der Waals surface area contributed by atoms with Crippen LogP contribution in [0.15, 0.2) is 28.8 Å². The number of benzene rings is 1. The molecule has 7 heteroatoms. The van der Waals surface area contributed by atoms with E-state index in [0.717, 1.165) is 13.0 Å². The van der Waals surface area contributed by atoms with E-state index in [1.807, 2.05) is 0 Å². The molecule has 1 aromatic heterocycles. The van der Waals surface area contributed by atoms with Gasteiger partial charge >= 0.3 is 0 Å². The first-order chi connectivity index (χ1) is 11.7. The van der Waals surface area contributed by atoms with Crippen LogP contribution < -0.4 is 0 Å². The topological polar surface area (TPSA) is 79.5 Å². The van der Waals surface area contributed by atoms with Gasteiger partial charge in [0.05, 0.1) is 0 Å². The van der Waals surface area contributed by atoms with Crippen molar-refractivity contribution in [2.45, 2.75) is 25.7 Å². The number of hydrogen-bond acceptors (Lipinski definition) is 5. The maximum atomic E-state index is 12.9. The number of carbonyl (C=O) groups is 1. The van der Waals surface area contributed by atoms with E-state index in [9.17, 15) is 9.18 Å². The average molecular weight is 333 g/mol. The Morgan fingerprint density at radius 1 is 1.38 bits per heavy atom. The molecule has 2 heterocycles. The molecule has 128 valence electrons. The lowest BCUT2D eigenvalue weighted by Gasteiger charge is -2.15. The van der Waals surface area contributed by atoms with Gasteiger partial charge in [-0.15, -0.1) is 0 Å². The Kier molecular flexibility index (Phi) is 5.20. The van der Waals surface area contributed by atoms with Gasteiger partial charge in [0, 0.05) is 44.0 Å². The molecule has 6 nitrogen and oxygen atoms in total. The molecule has 0 bridgehead atoms. The molecule has 0 radical (unpaired) electrons. The molecule has 24 heavy (non-hydrogen) atoms. The van der Waals surface area contributed by atoms with Crippen LogP contribution in [-0.2, 0) is 11.2 Å². The molecular formula is C17H20FN3O3. The quantitative estimate of drug-likeness (QED) is 0.875. The van der Waals surface area contributed by atoms with E-state index in [1.54, 1.807) is 17.0 Å². The van der Waals surface area contributed by atoms with E-state index >= 15 is 0 Å². The Labute approximate surface area is 139 Å². The Morgan fingerprint density at radius 3 is 2.88 bits per heavy atom. The van der Waals surface area contributed by atoms with Gasteiger partial charge < -0.3 is 14.5 Å². The minimum Gasteiger partial charge on any atom is -0.396 e. The Hall–Kier alpha value is -2.28. The number of likely N-dealkylation sites (tertiary alicyclic amines) is 1. The monoisotopic (exact) mass is 333 g/mol. The molecule has 1 aliphatic rings. The van der Waals surface area contributed by atoms with Gasteiger partial charge in [-0.25, -0.2) is 4.39 Å². The highest BCUT2D eigenvalue weighted by atomic mass is 19.1. The lowest BCUT2D eigenvalue weighted by molar-refractivity contribution is -0.130. The first kappa shape index (κ1) is 16.6. The highest BCUT2D eigenvalue weighted by molar-refractivity contribution is 5.76. The van der Waals surface area contributed by atoms with Crippen molar-refractivity contribution in [3.63, 3.8) is 0 Å². The first-order valence-corrected chi connectivity index (χ1v) is 8.13. The van der Waals surface area contributed by atoms with E-state index in [2.05, 4.69) is 10.1 Å². The van der Waals surface area contributed by atoms with Gasteiger partial charge in [-0.05, 0) is 37.1 Å². The van der Waals surface area contributed by atoms with Crippen LogP contribution in [0.2, 0.25) is 0 Å². The van der Waals surface area contributed by atoms with Crippen LogP contribution >= 0.6 is 0 Å². The van der Waals surface area contributed by atoms with Crippen LogP contribution in [0, 0.1) is 11.7 Å². The molecule has 1 unspecified atom stereocenters. The van der Waals surface area contributed by atoms with Crippen LogP contribution in [0.25, 0.3) is 11.4 Å². The summed E-state index contributed by atoms with van der Waals surface area (Å²) in [7, 11) is 0. The zero-order valence-corrected chi connectivity index (χ0v) is 13.3. The zero-order chi connectivity index (χ0) is 16.9. The Balaban J connectivity index is 1.47. The van der Waals surface area contributed by atoms with Crippen molar-refractivity contribution in [2.24, 2.45) is 5.92 Å². The zero-order valence-electron chi connectivity index (χ0n) is 13.3. The number of rotatable bonds is 6. The number of aliphatic hydroxyl groups is 1. The van der Waals surface area contributed by atoms with Crippen molar-refractivity contribution >= 4 is 5.91 Å². The second-order valence-corrected chi connectivity index (χ2v) is 6.05. The van der Waals surface area contributed by atoms with Crippen molar-refractivity contribution in [3.8, 4) is 11.4 Å². The predicted molar refractivity (Wildman–Crippen MR) is 84.4 cm³/mol. The number of hydrogen-bond donors (Lipinski definition) is 1. The highest BCUT2D eigenvalue weighted by Crippen LogP contribution is 2.19. The number of aryl methyl sites for hydroxylation is 1. The van der Waals surface area contributed by atoms with E-state index in [-0.39, 0.29) is 24.2 Å². The number of aromatic nitrogens is 2. The standard InChI is InChI=1S/C17H20FN3O3/c18-14-6-4-13(5-7-14)17-19-15(24-20-17)2-1-3-16(23)21-9-8-12(10-21)11-22/h4-7,12,22H,1-3,8-11H2. The van der Waals surface area contributed by atoms with E-state index < -0.39 is 0 Å². The minimum atomic E-state index is -0.314. The fourth-order valence-corrected chi connectivity index (χ4v) is 2.83. The largest absolute Gasteiger partial charge is 0.396 e. The van der Waals surface area contributed by atoms with Crippen molar-refractivity contribution in [2.75, 3.05) is 19.7 Å². The molecule has 1 atom stereocenters. The molecule has 1 saturated heterocycles. The predicted octanol–water partition coefficient (Wildman–Crippen LogP) is 2.04. The van der Waals surface area contributed by atoms with Gasteiger partial charge in [-0.3, -0.25) is 4.79 Å². The highest BCUT2D eigenvalue weighted by Gasteiger charge is 2.25. The van der Waals surface area contributed by atoms with E-state index in [4.69, 9.17) is 9.63 Å². The second-order valence-electron chi connectivity index (χ2n) is 6.05. The third-order valence-corrected chi connectivity index (χ3v) is 4.25. The molecule has 0 saturated carbocycles. The minimum absolute atomic E-state index is 0.101. The smallest absolute Gasteiger partial charge is 0.226 e. The number of amides is 1. The van der Waals surface area contributed by atoms with Crippen LogP contribution in [0.1, 0.15) is 25.2 Å². The molecular weight excluding hydrogens is 313 g/mol. The summed E-state index contributed by atoms with van der Waals surface area (Å²) < 4.78 is 18.1. The summed E-state index contributed by atoms with van der Waals surface area (Å²) in [6.45, 7) is 1.50. The molecule has 1 N–H and O–H groups in total. The Bertz CT molecular complexity index is 687. The van der Waals surface area contributed by atoms with Crippen LogP contribution in [0.5, 0.6) is 0 Å². The molecule has 1 aromatic carbocycles. The Morgan fingerprint density at radius 2 is 2.17 bits per heavy atom. The van der Waals surface area contributed by atoms with Crippen LogP contribution in [0.4, 0.5) is 4.39 Å². The van der Waals surface area contributed by atoms with Crippen LogP contribution in [-0.4, -0.2) is 45.8 Å².